The predicted octanol–water partition coefficient (Wildman–Crippen LogP) is 4.46. The Morgan fingerprint density at radius 1 is 1.13 bits per heavy atom. The van der Waals surface area contributed by atoms with Gasteiger partial charge in [-0.15, -0.1) is 11.3 Å². The Morgan fingerprint density at radius 3 is 2.57 bits per heavy atom. The number of aromatic nitrogens is 1. The van der Waals surface area contributed by atoms with Gasteiger partial charge in [0.1, 0.15) is 0 Å². The minimum Gasteiger partial charge on any atom is -0.319 e. The van der Waals surface area contributed by atoms with Crippen molar-refractivity contribution in [1.82, 2.24) is 4.57 Å². The van der Waals surface area contributed by atoms with Crippen LogP contribution in [0.4, 0.5) is 0 Å². The van der Waals surface area contributed by atoms with Crippen LogP contribution in [0, 0.1) is 6.92 Å². The van der Waals surface area contributed by atoms with Crippen LogP contribution in [0.25, 0.3) is 11.3 Å². The number of aryl methyl sites for hydroxylation is 1. The Balaban J connectivity index is 2.06. The van der Waals surface area contributed by atoms with Crippen LogP contribution < -0.4 is 4.80 Å². The Morgan fingerprint density at radius 2 is 1.87 bits per heavy atom. The van der Waals surface area contributed by atoms with Crippen LogP contribution in [0.15, 0.2) is 59.6 Å². The van der Waals surface area contributed by atoms with E-state index in [1.165, 1.54) is 11.3 Å². The first-order valence-corrected chi connectivity index (χ1v) is 8.32. The summed E-state index contributed by atoms with van der Waals surface area (Å²) in [6.45, 7) is 2.04. The van der Waals surface area contributed by atoms with Crippen molar-refractivity contribution in [2.45, 2.75) is 6.92 Å². The van der Waals surface area contributed by atoms with Gasteiger partial charge in [-0.1, -0.05) is 48.0 Å². The maximum absolute atomic E-state index is 12.3. The summed E-state index contributed by atoms with van der Waals surface area (Å²) in [5.74, 6) is -0.288. The van der Waals surface area contributed by atoms with Crippen LogP contribution >= 0.6 is 22.9 Å². The second-order valence-corrected chi connectivity index (χ2v) is 6.76. The maximum atomic E-state index is 12.3. The van der Waals surface area contributed by atoms with E-state index in [1.807, 2.05) is 36.7 Å². The molecular weight excluding hydrogens is 328 g/mol. The van der Waals surface area contributed by atoms with Crippen LogP contribution in [0.2, 0.25) is 5.02 Å². The molecule has 2 aromatic carbocycles. The summed E-state index contributed by atoms with van der Waals surface area (Å²) < 4.78 is 1.96. The molecule has 0 aliphatic heterocycles. The van der Waals surface area contributed by atoms with E-state index in [-0.39, 0.29) is 5.91 Å². The minimum absolute atomic E-state index is 0.288. The van der Waals surface area contributed by atoms with Crippen molar-refractivity contribution < 1.29 is 4.79 Å². The number of amides is 1. The number of thiazole rings is 1. The maximum Gasteiger partial charge on any atom is 0.279 e. The third-order valence-corrected chi connectivity index (χ3v) is 4.80. The molecule has 3 rings (SSSR count). The van der Waals surface area contributed by atoms with E-state index in [4.69, 9.17) is 11.6 Å². The number of rotatable bonds is 2. The number of benzene rings is 2. The van der Waals surface area contributed by atoms with Crippen LogP contribution in [-0.2, 0) is 7.05 Å². The van der Waals surface area contributed by atoms with Gasteiger partial charge in [-0.2, -0.15) is 4.99 Å². The minimum atomic E-state index is -0.288. The lowest BCUT2D eigenvalue weighted by atomic mass is 10.1. The van der Waals surface area contributed by atoms with Gasteiger partial charge in [-0.05, 0) is 30.7 Å². The SMILES string of the molecule is Cc1sc(=NC(=O)c2cccc(Cl)c2)n(C)c1-c1ccccc1. The fourth-order valence-electron chi connectivity index (χ4n) is 2.45. The zero-order valence-corrected chi connectivity index (χ0v) is 14.4. The summed E-state index contributed by atoms with van der Waals surface area (Å²) >= 11 is 7.44. The van der Waals surface area contributed by atoms with Gasteiger partial charge in [-0.3, -0.25) is 4.79 Å². The molecule has 116 valence electrons. The van der Waals surface area contributed by atoms with Crippen molar-refractivity contribution in [3.63, 3.8) is 0 Å². The largest absolute Gasteiger partial charge is 0.319 e. The highest BCUT2D eigenvalue weighted by molar-refractivity contribution is 7.09. The molecule has 3 nitrogen and oxygen atoms in total. The fraction of sp³-hybridized carbons (Fsp3) is 0.111. The van der Waals surface area contributed by atoms with Gasteiger partial charge < -0.3 is 4.57 Å². The van der Waals surface area contributed by atoms with Gasteiger partial charge >= 0.3 is 0 Å². The topological polar surface area (TPSA) is 34.4 Å². The first kappa shape index (κ1) is 15.7. The molecule has 1 heterocycles. The van der Waals surface area contributed by atoms with Crippen molar-refractivity contribution in [3.8, 4) is 11.3 Å². The molecule has 23 heavy (non-hydrogen) atoms. The van der Waals surface area contributed by atoms with Gasteiger partial charge in [0.05, 0.1) is 5.69 Å². The normalized spacial score (nSPS) is 11.7. The molecule has 5 heteroatoms. The molecule has 3 aromatic rings. The Bertz CT molecular complexity index is 926. The third-order valence-electron chi connectivity index (χ3n) is 3.52. The van der Waals surface area contributed by atoms with Crippen LogP contribution in [-0.4, -0.2) is 10.5 Å². The van der Waals surface area contributed by atoms with Crippen molar-refractivity contribution in [3.05, 3.63) is 74.9 Å². The highest BCUT2D eigenvalue weighted by Gasteiger charge is 2.11. The molecule has 0 bridgehead atoms. The number of hydrogen-bond acceptors (Lipinski definition) is 2. The lowest BCUT2D eigenvalue weighted by Gasteiger charge is -2.04. The summed E-state index contributed by atoms with van der Waals surface area (Å²) in [6, 6.07) is 16.9. The van der Waals surface area contributed by atoms with Crippen LogP contribution in [0.3, 0.4) is 0 Å². The molecule has 0 unspecified atom stereocenters. The highest BCUT2D eigenvalue weighted by atomic mass is 35.5. The molecule has 0 saturated carbocycles. The van der Waals surface area contributed by atoms with Crippen molar-refractivity contribution in [2.75, 3.05) is 0 Å². The first-order chi connectivity index (χ1) is 11.1. The number of hydrogen-bond donors (Lipinski definition) is 0. The molecule has 0 atom stereocenters. The fourth-order valence-corrected chi connectivity index (χ4v) is 3.62. The van der Waals surface area contributed by atoms with Crippen LogP contribution in [0.1, 0.15) is 15.2 Å². The Hall–Kier alpha value is -2.17. The van der Waals surface area contributed by atoms with Crippen molar-refractivity contribution in [2.24, 2.45) is 12.0 Å². The quantitative estimate of drug-likeness (QED) is 0.677. The molecule has 0 N–H and O–H groups in total. The van der Waals surface area contributed by atoms with E-state index in [0.717, 1.165) is 16.1 Å². The summed E-state index contributed by atoms with van der Waals surface area (Å²) in [5.41, 5.74) is 2.68. The molecule has 1 aromatic heterocycles. The lowest BCUT2D eigenvalue weighted by Crippen LogP contribution is -2.14. The monoisotopic (exact) mass is 342 g/mol. The third kappa shape index (κ3) is 3.28. The molecular formula is C18H15ClN2OS. The van der Waals surface area contributed by atoms with E-state index in [9.17, 15) is 4.79 Å². The zero-order chi connectivity index (χ0) is 16.4. The van der Waals surface area contributed by atoms with Gasteiger partial charge in [0.15, 0.2) is 4.80 Å². The van der Waals surface area contributed by atoms with Crippen molar-refractivity contribution >= 4 is 28.8 Å². The van der Waals surface area contributed by atoms with Crippen molar-refractivity contribution in [1.29, 1.82) is 0 Å². The molecule has 1 amide bonds. The predicted molar refractivity (Wildman–Crippen MR) is 94.8 cm³/mol. The number of halogens is 1. The zero-order valence-electron chi connectivity index (χ0n) is 12.8. The molecule has 0 spiro atoms. The van der Waals surface area contributed by atoms with E-state index < -0.39 is 0 Å². The molecule has 0 aliphatic carbocycles. The summed E-state index contributed by atoms with van der Waals surface area (Å²) in [6.07, 6.45) is 0. The number of nitrogens with zero attached hydrogens (tertiary/aromatic N) is 2. The second-order valence-electron chi connectivity index (χ2n) is 5.14. The average Bonchev–Trinajstić information content (AvgIpc) is 2.82. The van der Waals surface area contributed by atoms with Gasteiger partial charge in [0.2, 0.25) is 0 Å². The van der Waals surface area contributed by atoms with Gasteiger partial charge in [-0.25, -0.2) is 0 Å². The van der Waals surface area contributed by atoms with E-state index >= 15 is 0 Å². The summed E-state index contributed by atoms with van der Waals surface area (Å²) in [4.78, 5) is 18.4. The smallest absolute Gasteiger partial charge is 0.279 e. The molecule has 0 fully saturated rings. The van der Waals surface area contributed by atoms with E-state index in [2.05, 4.69) is 17.1 Å². The van der Waals surface area contributed by atoms with E-state index in [1.54, 1.807) is 24.3 Å². The molecule has 0 saturated heterocycles. The average molecular weight is 343 g/mol. The summed E-state index contributed by atoms with van der Waals surface area (Å²) in [7, 11) is 1.93. The van der Waals surface area contributed by atoms with Gasteiger partial charge in [0.25, 0.3) is 5.91 Å². The first-order valence-electron chi connectivity index (χ1n) is 7.13. The Kier molecular flexibility index (Phi) is 4.46. The summed E-state index contributed by atoms with van der Waals surface area (Å²) in [5, 5.41) is 0.530. The molecule has 0 aliphatic rings. The Labute approximate surface area is 143 Å². The van der Waals surface area contributed by atoms with E-state index in [0.29, 0.717) is 15.4 Å². The second kappa shape index (κ2) is 6.52. The molecule has 0 radical (unpaired) electrons. The van der Waals surface area contributed by atoms with Gasteiger partial charge in [0, 0.05) is 22.5 Å². The highest BCUT2D eigenvalue weighted by Crippen LogP contribution is 2.24. The number of carbonyl (C=O) groups is 1. The van der Waals surface area contributed by atoms with Crippen LogP contribution in [0.5, 0.6) is 0 Å². The number of carbonyl (C=O) groups excluding carboxylic acids is 1. The standard InChI is InChI=1S/C18H15ClN2OS/c1-12-16(13-7-4-3-5-8-13)21(2)18(23-12)20-17(22)14-9-6-10-15(19)11-14/h3-11H,1-2H3. The lowest BCUT2D eigenvalue weighted by molar-refractivity contribution is 0.0998.